The van der Waals surface area contributed by atoms with Crippen LogP contribution >= 0.6 is 11.8 Å². The van der Waals surface area contributed by atoms with Gasteiger partial charge in [0.25, 0.3) is 5.24 Å². The van der Waals surface area contributed by atoms with Crippen molar-refractivity contribution in [2.75, 3.05) is 5.75 Å². The van der Waals surface area contributed by atoms with Crippen LogP contribution in [0.5, 0.6) is 0 Å². The zero-order chi connectivity index (χ0) is 15.6. The molecule has 6 nitrogen and oxygen atoms in total. The Bertz CT molecular complexity index is 462. The summed E-state index contributed by atoms with van der Waals surface area (Å²) in [5.41, 5.74) is 0.856. The lowest BCUT2D eigenvalue weighted by Crippen LogP contribution is -2.58. The van der Waals surface area contributed by atoms with Crippen molar-refractivity contribution in [2.45, 2.75) is 57.6 Å². The van der Waals surface area contributed by atoms with E-state index in [9.17, 15) is 14.7 Å². The number of ether oxygens (including phenoxy) is 2. The van der Waals surface area contributed by atoms with E-state index >= 15 is 0 Å². The number of carbonyl (C=O) groups excluding carboxylic acids is 2. The van der Waals surface area contributed by atoms with E-state index in [1.807, 2.05) is 20.8 Å². The molecule has 2 heterocycles. The Morgan fingerprint density at radius 2 is 2.29 bits per heavy atom. The molecule has 0 saturated carbocycles. The minimum absolute atomic E-state index is 0.158. The van der Waals surface area contributed by atoms with Crippen molar-refractivity contribution in [3.05, 3.63) is 11.6 Å². The number of amides is 1. The molecule has 2 fully saturated rings. The van der Waals surface area contributed by atoms with E-state index in [2.05, 4.69) is 5.32 Å². The third-order valence-corrected chi connectivity index (χ3v) is 4.31. The Morgan fingerprint density at radius 1 is 1.57 bits per heavy atom. The number of hydrogen-bond donors (Lipinski definition) is 2. The lowest BCUT2D eigenvalue weighted by molar-refractivity contribution is -0.278. The molecule has 7 heteroatoms. The SMILES string of the molecule is CC(C)=CC(=O)O[C@@H]1C[C@@H](C)O[C@@](O)([C@@H]2CSC(=O)N2)C1. The number of esters is 1. The predicted molar refractivity (Wildman–Crippen MR) is 78.8 cm³/mol. The fourth-order valence-corrected chi connectivity index (χ4v) is 3.49. The normalized spacial score (nSPS) is 36.0. The molecule has 21 heavy (non-hydrogen) atoms. The second-order valence-electron chi connectivity index (χ2n) is 5.79. The lowest BCUT2D eigenvalue weighted by Gasteiger charge is -2.42. The summed E-state index contributed by atoms with van der Waals surface area (Å²) in [6, 6.07) is -0.484. The van der Waals surface area contributed by atoms with Gasteiger partial charge in [0.05, 0.1) is 12.1 Å². The summed E-state index contributed by atoms with van der Waals surface area (Å²) in [4.78, 5) is 23.0. The Morgan fingerprint density at radius 3 is 2.86 bits per heavy atom. The van der Waals surface area contributed by atoms with Gasteiger partial charge in [-0.2, -0.15) is 0 Å². The van der Waals surface area contributed by atoms with E-state index in [4.69, 9.17) is 9.47 Å². The van der Waals surface area contributed by atoms with Gasteiger partial charge in [-0.1, -0.05) is 17.3 Å². The molecule has 0 aromatic heterocycles. The zero-order valence-electron chi connectivity index (χ0n) is 12.4. The van der Waals surface area contributed by atoms with Gasteiger partial charge in [-0.05, 0) is 20.8 Å². The second-order valence-corrected chi connectivity index (χ2v) is 6.78. The van der Waals surface area contributed by atoms with Crippen LogP contribution in [0.2, 0.25) is 0 Å². The molecule has 0 bridgehead atoms. The number of hydrogen-bond acceptors (Lipinski definition) is 6. The minimum atomic E-state index is -1.49. The Balaban J connectivity index is 2.03. The smallest absolute Gasteiger partial charge is 0.330 e. The van der Waals surface area contributed by atoms with Gasteiger partial charge >= 0.3 is 5.97 Å². The average molecular weight is 315 g/mol. The van der Waals surface area contributed by atoms with E-state index < -0.39 is 23.9 Å². The van der Waals surface area contributed by atoms with Crippen LogP contribution in [0.15, 0.2) is 11.6 Å². The van der Waals surface area contributed by atoms with Crippen LogP contribution in [0.4, 0.5) is 4.79 Å². The van der Waals surface area contributed by atoms with E-state index in [-0.39, 0.29) is 17.8 Å². The predicted octanol–water partition coefficient (Wildman–Crippen LogP) is 1.58. The van der Waals surface area contributed by atoms with Crippen molar-refractivity contribution in [1.82, 2.24) is 5.32 Å². The van der Waals surface area contributed by atoms with Crippen LogP contribution in [-0.4, -0.2) is 46.1 Å². The first-order valence-corrected chi connectivity index (χ1v) is 7.96. The molecule has 4 atom stereocenters. The minimum Gasteiger partial charge on any atom is -0.459 e. The largest absolute Gasteiger partial charge is 0.459 e. The van der Waals surface area contributed by atoms with Gasteiger partial charge in [0, 0.05) is 24.7 Å². The maximum Gasteiger partial charge on any atom is 0.330 e. The van der Waals surface area contributed by atoms with Crippen LogP contribution in [0.1, 0.15) is 33.6 Å². The van der Waals surface area contributed by atoms with Crippen LogP contribution < -0.4 is 5.32 Å². The summed E-state index contributed by atoms with van der Waals surface area (Å²) in [7, 11) is 0. The van der Waals surface area contributed by atoms with Gasteiger partial charge in [0.1, 0.15) is 6.10 Å². The van der Waals surface area contributed by atoms with Gasteiger partial charge in [0.15, 0.2) is 5.79 Å². The number of nitrogens with one attached hydrogen (secondary N) is 1. The van der Waals surface area contributed by atoms with Crippen molar-refractivity contribution in [1.29, 1.82) is 0 Å². The monoisotopic (exact) mass is 315 g/mol. The van der Waals surface area contributed by atoms with Crippen molar-refractivity contribution in [2.24, 2.45) is 0 Å². The van der Waals surface area contributed by atoms with Crippen LogP contribution in [0.25, 0.3) is 0 Å². The summed E-state index contributed by atoms with van der Waals surface area (Å²) in [6.45, 7) is 5.45. The number of rotatable bonds is 3. The molecule has 2 aliphatic heterocycles. The summed E-state index contributed by atoms with van der Waals surface area (Å²) >= 11 is 1.12. The third kappa shape index (κ3) is 4.21. The quantitative estimate of drug-likeness (QED) is 0.607. The first-order chi connectivity index (χ1) is 9.78. The molecule has 0 aromatic carbocycles. The van der Waals surface area contributed by atoms with Gasteiger partial charge in [0.2, 0.25) is 0 Å². The molecule has 1 amide bonds. The Labute approximate surface area is 128 Å². The standard InChI is InChI=1S/C14H21NO5S/c1-8(2)4-12(16)19-10-5-9(3)20-14(18,6-10)11-7-21-13(17)15-11/h4,9-11,18H,5-7H2,1-3H3,(H,15,17)/t9-,10-,11+,14-/m1/s1. The van der Waals surface area contributed by atoms with E-state index in [1.165, 1.54) is 6.08 Å². The first kappa shape index (κ1) is 16.3. The topological polar surface area (TPSA) is 84.9 Å². The molecule has 2 saturated heterocycles. The Hall–Kier alpha value is -1.05. The summed E-state index contributed by atoms with van der Waals surface area (Å²) < 4.78 is 11.0. The highest BCUT2D eigenvalue weighted by atomic mass is 32.2. The van der Waals surface area contributed by atoms with Crippen molar-refractivity contribution < 1.29 is 24.2 Å². The van der Waals surface area contributed by atoms with Crippen molar-refractivity contribution in [3.63, 3.8) is 0 Å². The van der Waals surface area contributed by atoms with Gasteiger partial charge in [-0.25, -0.2) is 4.79 Å². The van der Waals surface area contributed by atoms with Crippen molar-refractivity contribution in [3.8, 4) is 0 Å². The van der Waals surface area contributed by atoms with Gasteiger partial charge in [-0.3, -0.25) is 4.79 Å². The van der Waals surface area contributed by atoms with Gasteiger partial charge < -0.3 is 19.9 Å². The highest BCUT2D eigenvalue weighted by Crippen LogP contribution is 2.34. The first-order valence-electron chi connectivity index (χ1n) is 6.97. The van der Waals surface area contributed by atoms with E-state index in [0.717, 1.165) is 17.3 Å². The van der Waals surface area contributed by atoms with Crippen molar-refractivity contribution >= 4 is 23.0 Å². The fraction of sp³-hybridized carbons (Fsp3) is 0.714. The van der Waals surface area contributed by atoms with E-state index in [1.54, 1.807) is 0 Å². The maximum atomic E-state index is 11.7. The highest BCUT2D eigenvalue weighted by Gasteiger charge is 2.48. The number of carbonyl (C=O) groups is 2. The molecule has 118 valence electrons. The zero-order valence-corrected chi connectivity index (χ0v) is 13.2. The molecule has 2 N–H and O–H groups in total. The molecule has 0 radical (unpaired) electrons. The molecular weight excluding hydrogens is 294 g/mol. The van der Waals surface area contributed by atoms with Gasteiger partial charge in [-0.15, -0.1) is 0 Å². The van der Waals surface area contributed by atoms with Crippen LogP contribution in [-0.2, 0) is 14.3 Å². The molecule has 0 unspecified atom stereocenters. The second kappa shape index (κ2) is 6.37. The summed E-state index contributed by atoms with van der Waals surface area (Å²) in [5.74, 6) is -1.47. The molecule has 2 rings (SSSR count). The maximum absolute atomic E-state index is 11.7. The molecule has 0 spiro atoms. The number of allylic oxidation sites excluding steroid dienone is 1. The Kier molecular flexibility index (Phi) is 4.95. The highest BCUT2D eigenvalue weighted by molar-refractivity contribution is 8.14. The number of thioether (sulfide) groups is 1. The molecular formula is C14H21NO5S. The van der Waals surface area contributed by atoms with E-state index in [0.29, 0.717) is 12.2 Å². The fourth-order valence-electron chi connectivity index (χ4n) is 2.60. The summed E-state index contributed by atoms with van der Waals surface area (Å²) in [6.07, 6.45) is 1.43. The molecule has 2 aliphatic rings. The summed E-state index contributed by atoms with van der Waals surface area (Å²) in [5, 5.41) is 13.2. The van der Waals surface area contributed by atoms with Crippen LogP contribution in [0, 0.1) is 0 Å². The molecule has 0 aliphatic carbocycles. The lowest BCUT2D eigenvalue weighted by atomic mass is 9.94. The average Bonchev–Trinajstić information content (AvgIpc) is 2.73. The third-order valence-electron chi connectivity index (χ3n) is 3.43. The number of aliphatic hydroxyl groups is 1. The van der Waals surface area contributed by atoms with Crippen LogP contribution in [0.3, 0.4) is 0 Å². The molecule has 0 aromatic rings.